The highest BCUT2D eigenvalue weighted by Crippen LogP contribution is 2.21. The van der Waals surface area contributed by atoms with E-state index in [2.05, 4.69) is 6.92 Å². The number of hydrogen-bond donors (Lipinski definition) is 0. The van der Waals surface area contributed by atoms with Gasteiger partial charge in [-0.2, -0.15) is 5.26 Å². The summed E-state index contributed by atoms with van der Waals surface area (Å²) >= 11 is 0. The molecule has 0 aromatic heterocycles. The van der Waals surface area contributed by atoms with Gasteiger partial charge in [-0.15, -0.1) is 0 Å². The molecule has 2 amide bonds. The number of anilines is 1. The lowest BCUT2D eigenvalue weighted by molar-refractivity contribution is -0.137. The molecule has 1 aromatic rings. The molecule has 1 aliphatic heterocycles. The van der Waals surface area contributed by atoms with E-state index in [0.717, 1.165) is 18.5 Å². The first-order chi connectivity index (χ1) is 11.6. The van der Waals surface area contributed by atoms with Gasteiger partial charge in [-0.25, -0.2) is 0 Å². The summed E-state index contributed by atoms with van der Waals surface area (Å²) in [6.45, 7) is 5.94. The minimum atomic E-state index is -0.899. The lowest BCUT2D eigenvalue weighted by atomic mass is 9.97. The second-order valence-electron chi connectivity index (χ2n) is 6.37. The van der Waals surface area contributed by atoms with Crippen LogP contribution in [0.5, 0.6) is 0 Å². The van der Waals surface area contributed by atoms with Crippen molar-refractivity contribution in [3.63, 3.8) is 0 Å². The summed E-state index contributed by atoms with van der Waals surface area (Å²) in [6.07, 6.45) is 1.86. The van der Waals surface area contributed by atoms with Crippen LogP contribution in [0, 0.1) is 23.2 Å². The number of benzene rings is 1. The molecule has 1 unspecified atom stereocenters. The minimum Gasteiger partial charge on any atom is -0.342 e. The zero-order valence-electron chi connectivity index (χ0n) is 14.4. The van der Waals surface area contributed by atoms with E-state index in [4.69, 9.17) is 0 Å². The van der Waals surface area contributed by atoms with Crippen molar-refractivity contribution < 1.29 is 9.59 Å². The van der Waals surface area contributed by atoms with Crippen LogP contribution in [0.4, 0.5) is 5.69 Å². The molecule has 1 saturated heterocycles. The molecule has 2 rings (SSSR count). The summed E-state index contributed by atoms with van der Waals surface area (Å²) in [5.74, 6) is -0.676. The lowest BCUT2D eigenvalue weighted by Gasteiger charge is -2.32. The number of piperidine rings is 1. The third-order valence-electron chi connectivity index (χ3n) is 4.61. The van der Waals surface area contributed by atoms with Crippen molar-refractivity contribution in [3.05, 3.63) is 30.3 Å². The van der Waals surface area contributed by atoms with Crippen molar-refractivity contribution in [2.75, 3.05) is 24.5 Å². The van der Waals surface area contributed by atoms with E-state index in [-0.39, 0.29) is 18.2 Å². The summed E-state index contributed by atoms with van der Waals surface area (Å²) in [5.41, 5.74) is 0.793. The lowest BCUT2D eigenvalue weighted by Crippen LogP contribution is -2.43. The molecule has 0 aliphatic carbocycles. The summed E-state index contributed by atoms with van der Waals surface area (Å²) in [6, 6.07) is 11.4. The highest BCUT2D eigenvalue weighted by Gasteiger charge is 2.30. The SMILES string of the molecule is CCN(C(=O)CC(C#N)C(=O)N1CCC(C)CC1)c1ccccc1. The number of hydrogen-bond acceptors (Lipinski definition) is 3. The first kappa shape index (κ1) is 18.0. The van der Waals surface area contributed by atoms with Gasteiger partial charge in [0, 0.05) is 25.3 Å². The van der Waals surface area contributed by atoms with Crippen molar-refractivity contribution in [3.8, 4) is 6.07 Å². The van der Waals surface area contributed by atoms with Gasteiger partial charge in [-0.1, -0.05) is 25.1 Å². The average molecular weight is 327 g/mol. The predicted octanol–water partition coefficient (Wildman–Crippen LogP) is 2.83. The summed E-state index contributed by atoms with van der Waals surface area (Å²) in [7, 11) is 0. The van der Waals surface area contributed by atoms with E-state index in [0.29, 0.717) is 25.6 Å². The van der Waals surface area contributed by atoms with Crippen molar-refractivity contribution in [2.24, 2.45) is 11.8 Å². The van der Waals surface area contributed by atoms with E-state index in [1.807, 2.05) is 43.3 Å². The molecular formula is C19H25N3O2. The number of para-hydroxylation sites is 1. The van der Waals surface area contributed by atoms with Crippen molar-refractivity contribution in [1.29, 1.82) is 5.26 Å². The van der Waals surface area contributed by atoms with Gasteiger partial charge in [0.1, 0.15) is 5.92 Å². The van der Waals surface area contributed by atoms with Crippen LogP contribution in [0.3, 0.4) is 0 Å². The van der Waals surface area contributed by atoms with E-state index in [9.17, 15) is 14.9 Å². The van der Waals surface area contributed by atoms with E-state index in [1.54, 1.807) is 9.80 Å². The highest BCUT2D eigenvalue weighted by molar-refractivity contribution is 5.96. The second-order valence-corrected chi connectivity index (χ2v) is 6.37. The Hall–Kier alpha value is -2.35. The number of carbonyl (C=O) groups excluding carboxylic acids is 2. The number of amides is 2. The fraction of sp³-hybridized carbons (Fsp3) is 0.526. The third-order valence-corrected chi connectivity index (χ3v) is 4.61. The molecule has 0 bridgehead atoms. The van der Waals surface area contributed by atoms with Gasteiger partial charge in [0.2, 0.25) is 11.8 Å². The standard InChI is InChI=1S/C19H25N3O2/c1-3-22(17-7-5-4-6-8-17)18(23)13-16(14-20)19(24)21-11-9-15(2)10-12-21/h4-8,15-16H,3,9-13H2,1-2H3. The van der Waals surface area contributed by atoms with Crippen LogP contribution in [-0.4, -0.2) is 36.3 Å². The quantitative estimate of drug-likeness (QED) is 0.835. The van der Waals surface area contributed by atoms with Gasteiger partial charge in [0.25, 0.3) is 0 Å². The third kappa shape index (κ3) is 4.35. The van der Waals surface area contributed by atoms with Gasteiger partial charge >= 0.3 is 0 Å². The molecule has 1 heterocycles. The van der Waals surface area contributed by atoms with Crippen LogP contribution in [0.15, 0.2) is 30.3 Å². The molecule has 1 aromatic carbocycles. The van der Waals surface area contributed by atoms with E-state index >= 15 is 0 Å². The molecule has 0 spiro atoms. The average Bonchev–Trinajstić information content (AvgIpc) is 2.61. The molecule has 24 heavy (non-hydrogen) atoms. The monoisotopic (exact) mass is 327 g/mol. The van der Waals surface area contributed by atoms with Gasteiger partial charge in [-0.05, 0) is 37.8 Å². The van der Waals surface area contributed by atoms with Gasteiger partial charge in [0.05, 0.1) is 12.5 Å². The summed E-state index contributed by atoms with van der Waals surface area (Å²) in [5, 5.41) is 9.38. The molecular weight excluding hydrogens is 302 g/mol. The minimum absolute atomic E-state index is 0.0654. The normalized spacial score (nSPS) is 16.3. The molecule has 0 radical (unpaired) electrons. The Morgan fingerprint density at radius 3 is 2.46 bits per heavy atom. The maximum Gasteiger partial charge on any atom is 0.240 e. The first-order valence-corrected chi connectivity index (χ1v) is 8.60. The van der Waals surface area contributed by atoms with Gasteiger partial charge < -0.3 is 9.80 Å². The second kappa shape index (κ2) is 8.49. The fourth-order valence-corrected chi connectivity index (χ4v) is 3.03. The summed E-state index contributed by atoms with van der Waals surface area (Å²) in [4.78, 5) is 28.5. The van der Waals surface area contributed by atoms with Crippen LogP contribution >= 0.6 is 0 Å². The Morgan fingerprint density at radius 2 is 1.92 bits per heavy atom. The molecule has 128 valence electrons. The van der Waals surface area contributed by atoms with Crippen LogP contribution in [-0.2, 0) is 9.59 Å². The fourth-order valence-electron chi connectivity index (χ4n) is 3.03. The summed E-state index contributed by atoms with van der Waals surface area (Å²) < 4.78 is 0. The predicted molar refractivity (Wildman–Crippen MR) is 93.2 cm³/mol. The Morgan fingerprint density at radius 1 is 1.29 bits per heavy atom. The topological polar surface area (TPSA) is 64.4 Å². The Kier molecular flexibility index (Phi) is 6.36. The van der Waals surface area contributed by atoms with Gasteiger partial charge in [0.15, 0.2) is 0 Å². The first-order valence-electron chi connectivity index (χ1n) is 8.60. The molecule has 1 aliphatic rings. The van der Waals surface area contributed by atoms with Gasteiger partial charge in [-0.3, -0.25) is 9.59 Å². The molecule has 1 fully saturated rings. The molecule has 5 nitrogen and oxygen atoms in total. The van der Waals surface area contributed by atoms with E-state index < -0.39 is 5.92 Å². The number of nitrogens with zero attached hydrogens (tertiary/aromatic N) is 3. The van der Waals surface area contributed by atoms with Crippen LogP contribution in [0.2, 0.25) is 0 Å². The number of nitriles is 1. The maximum atomic E-state index is 12.6. The van der Waals surface area contributed by atoms with Crippen molar-refractivity contribution in [1.82, 2.24) is 4.90 Å². The molecule has 0 N–H and O–H groups in total. The number of likely N-dealkylation sites (tertiary alicyclic amines) is 1. The van der Waals surface area contributed by atoms with Crippen LogP contribution in [0.1, 0.15) is 33.1 Å². The van der Waals surface area contributed by atoms with Crippen LogP contribution in [0.25, 0.3) is 0 Å². The largest absolute Gasteiger partial charge is 0.342 e. The zero-order chi connectivity index (χ0) is 17.5. The smallest absolute Gasteiger partial charge is 0.240 e. The Bertz CT molecular complexity index is 601. The molecule has 0 saturated carbocycles. The Labute approximate surface area is 143 Å². The van der Waals surface area contributed by atoms with Crippen molar-refractivity contribution >= 4 is 17.5 Å². The highest BCUT2D eigenvalue weighted by atomic mass is 16.2. The number of rotatable bonds is 5. The van der Waals surface area contributed by atoms with Crippen molar-refractivity contribution in [2.45, 2.75) is 33.1 Å². The maximum absolute atomic E-state index is 12.6. The Balaban J connectivity index is 2.02. The zero-order valence-corrected chi connectivity index (χ0v) is 14.4. The van der Waals surface area contributed by atoms with E-state index in [1.165, 1.54) is 0 Å². The number of carbonyl (C=O) groups is 2. The molecule has 5 heteroatoms. The van der Waals surface area contributed by atoms with Crippen LogP contribution < -0.4 is 4.90 Å². The molecule has 1 atom stereocenters.